The molecular weight excluding hydrogens is 365 g/mol. The number of carbonyl (C=O) groups excluding carboxylic acids is 2. The van der Waals surface area contributed by atoms with Crippen molar-refractivity contribution in [2.24, 2.45) is 5.73 Å². The summed E-state index contributed by atoms with van der Waals surface area (Å²) in [5.41, 5.74) is 5.85. The number of esters is 1. The van der Waals surface area contributed by atoms with Crippen LogP contribution in [0, 0.1) is 5.82 Å². The summed E-state index contributed by atoms with van der Waals surface area (Å²) in [7, 11) is 0. The molecule has 1 atom stereocenters. The van der Waals surface area contributed by atoms with Crippen LogP contribution < -0.4 is 16.1 Å². The normalized spacial score (nSPS) is 19.2. The minimum Gasteiger partial charge on any atom is -0.462 e. The molecule has 1 aromatic heterocycles. The smallest absolute Gasteiger partial charge is 0.343 e. The van der Waals surface area contributed by atoms with Gasteiger partial charge in [-0.1, -0.05) is 0 Å². The lowest BCUT2D eigenvalue weighted by molar-refractivity contribution is 0.0524. The van der Waals surface area contributed by atoms with Gasteiger partial charge in [-0.25, -0.2) is 9.18 Å². The minimum absolute atomic E-state index is 0.0179. The van der Waals surface area contributed by atoms with E-state index in [0.717, 1.165) is 18.9 Å². The van der Waals surface area contributed by atoms with Gasteiger partial charge in [0.1, 0.15) is 11.4 Å². The minimum atomic E-state index is -0.744. The van der Waals surface area contributed by atoms with E-state index in [4.69, 9.17) is 10.5 Å². The van der Waals surface area contributed by atoms with Crippen LogP contribution in [0.25, 0.3) is 10.9 Å². The highest BCUT2D eigenvalue weighted by atomic mass is 19.1. The van der Waals surface area contributed by atoms with Crippen LogP contribution in [0.4, 0.5) is 10.1 Å². The molecule has 7 nitrogen and oxygen atoms in total. The van der Waals surface area contributed by atoms with Crippen molar-refractivity contribution in [3.63, 3.8) is 0 Å². The van der Waals surface area contributed by atoms with E-state index in [9.17, 15) is 14.4 Å². The van der Waals surface area contributed by atoms with Gasteiger partial charge in [0, 0.05) is 31.4 Å². The highest BCUT2D eigenvalue weighted by molar-refractivity contribution is 6.04. The van der Waals surface area contributed by atoms with Gasteiger partial charge in [-0.2, -0.15) is 0 Å². The van der Waals surface area contributed by atoms with Gasteiger partial charge in [0.15, 0.2) is 6.29 Å². The van der Waals surface area contributed by atoms with E-state index in [1.54, 1.807) is 16.4 Å². The maximum atomic E-state index is 15.0. The van der Waals surface area contributed by atoms with Gasteiger partial charge >= 0.3 is 5.97 Å². The number of hydrogen-bond donors (Lipinski definition) is 1. The fourth-order valence-electron chi connectivity index (χ4n) is 3.93. The molecule has 148 valence electrons. The number of carbonyl (C=O) groups is 2. The lowest BCUT2D eigenvalue weighted by atomic mass is 10.0. The molecule has 0 spiro atoms. The van der Waals surface area contributed by atoms with Crippen molar-refractivity contribution < 1.29 is 18.7 Å². The SMILES string of the molecule is CCOC(=O)c1cn(C2CC2)c2c(C=O)c(N3CCC(N)C3)c(F)cc2c1=O. The second-order valence-corrected chi connectivity index (χ2v) is 7.36. The first-order valence-corrected chi connectivity index (χ1v) is 9.50. The fraction of sp³-hybridized carbons (Fsp3) is 0.450. The summed E-state index contributed by atoms with van der Waals surface area (Å²) in [4.78, 5) is 38.9. The number of halogens is 1. The first-order chi connectivity index (χ1) is 13.5. The van der Waals surface area contributed by atoms with E-state index in [1.165, 1.54) is 6.20 Å². The van der Waals surface area contributed by atoms with Crippen molar-refractivity contribution in [3.8, 4) is 0 Å². The number of nitrogens with zero attached hydrogens (tertiary/aromatic N) is 2. The van der Waals surface area contributed by atoms with E-state index in [2.05, 4.69) is 0 Å². The van der Waals surface area contributed by atoms with Crippen LogP contribution in [0.1, 0.15) is 52.9 Å². The van der Waals surface area contributed by atoms with Crippen LogP contribution in [0.3, 0.4) is 0 Å². The molecule has 1 aromatic carbocycles. The highest BCUT2D eigenvalue weighted by Crippen LogP contribution is 2.40. The summed E-state index contributed by atoms with van der Waals surface area (Å²) in [6.07, 6.45) is 4.46. The summed E-state index contributed by atoms with van der Waals surface area (Å²) in [5, 5.41) is 0.0179. The van der Waals surface area contributed by atoms with Gasteiger partial charge in [-0.05, 0) is 32.3 Å². The van der Waals surface area contributed by atoms with Crippen molar-refractivity contribution in [2.75, 3.05) is 24.6 Å². The monoisotopic (exact) mass is 387 g/mol. The van der Waals surface area contributed by atoms with Crippen molar-refractivity contribution >= 4 is 28.8 Å². The molecular formula is C20H22FN3O4. The molecule has 2 aliphatic rings. The standard InChI is InChI=1S/C20H22FN3O4/c1-2-28-20(27)14-9-24(12-3-4-12)17-13(19(14)26)7-16(21)18(15(17)10-25)23-6-5-11(22)8-23/h7,9-12H,2-6,8,22H2,1H3. The summed E-state index contributed by atoms with van der Waals surface area (Å²) in [6.45, 7) is 2.76. The molecule has 2 N–H and O–H groups in total. The van der Waals surface area contributed by atoms with Crippen molar-refractivity contribution in [3.05, 3.63) is 39.4 Å². The van der Waals surface area contributed by atoms with Crippen LogP contribution in [-0.4, -0.2) is 42.6 Å². The first-order valence-electron chi connectivity index (χ1n) is 9.50. The fourth-order valence-corrected chi connectivity index (χ4v) is 3.93. The summed E-state index contributed by atoms with van der Waals surface area (Å²) in [5.74, 6) is -1.41. The second-order valence-electron chi connectivity index (χ2n) is 7.36. The van der Waals surface area contributed by atoms with E-state index in [1.807, 2.05) is 0 Å². The van der Waals surface area contributed by atoms with E-state index in [0.29, 0.717) is 31.3 Å². The predicted octanol–water partition coefficient (Wildman–Crippen LogP) is 2.00. The molecule has 0 bridgehead atoms. The van der Waals surface area contributed by atoms with Gasteiger partial charge in [-0.15, -0.1) is 0 Å². The third kappa shape index (κ3) is 2.97. The van der Waals surface area contributed by atoms with E-state index < -0.39 is 17.2 Å². The summed E-state index contributed by atoms with van der Waals surface area (Å²) < 4.78 is 21.8. The van der Waals surface area contributed by atoms with Crippen LogP contribution in [0.15, 0.2) is 17.1 Å². The average Bonchev–Trinajstić information content (AvgIpc) is 3.42. The molecule has 2 fully saturated rings. The molecule has 0 radical (unpaired) electrons. The number of anilines is 1. The number of ether oxygens (including phenoxy) is 1. The average molecular weight is 387 g/mol. The highest BCUT2D eigenvalue weighted by Gasteiger charge is 2.32. The molecule has 1 unspecified atom stereocenters. The summed E-state index contributed by atoms with van der Waals surface area (Å²) in [6, 6.07) is 1.10. The number of aromatic nitrogens is 1. The number of pyridine rings is 1. The molecule has 4 rings (SSSR count). The molecule has 2 heterocycles. The number of nitrogens with two attached hydrogens (primary N) is 1. The molecule has 1 aliphatic heterocycles. The van der Waals surface area contributed by atoms with Gasteiger partial charge < -0.3 is 19.9 Å². The molecule has 8 heteroatoms. The van der Waals surface area contributed by atoms with Crippen LogP contribution in [0.5, 0.6) is 0 Å². The topological polar surface area (TPSA) is 94.6 Å². The first kappa shape index (κ1) is 18.6. The van der Waals surface area contributed by atoms with Crippen molar-refractivity contribution in [1.82, 2.24) is 4.57 Å². The number of fused-ring (bicyclic) bond motifs is 1. The molecule has 2 aromatic rings. The maximum absolute atomic E-state index is 15.0. The predicted molar refractivity (Wildman–Crippen MR) is 103 cm³/mol. The number of rotatable bonds is 5. The third-order valence-electron chi connectivity index (χ3n) is 5.37. The molecule has 1 aliphatic carbocycles. The third-order valence-corrected chi connectivity index (χ3v) is 5.37. The maximum Gasteiger partial charge on any atom is 0.343 e. The van der Waals surface area contributed by atoms with Crippen LogP contribution in [-0.2, 0) is 4.74 Å². The Hall–Kier alpha value is -2.74. The molecule has 1 saturated heterocycles. The Balaban J connectivity index is 2.02. The molecule has 1 saturated carbocycles. The zero-order chi connectivity index (χ0) is 20.0. The van der Waals surface area contributed by atoms with Crippen LogP contribution in [0.2, 0.25) is 0 Å². The number of benzene rings is 1. The Kier molecular flexibility index (Phi) is 4.66. The lowest BCUT2D eigenvalue weighted by Gasteiger charge is -2.23. The Labute approximate surface area is 160 Å². The largest absolute Gasteiger partial charge is 0.462 e. The van der Waals surface area contributed by atoms with Crippen LogP contribution >= 0.6 is 0 Å². The van der Waals surface area contributed by atoms with Gasteiger partial charge in [-0.3, -0.25) is 9.59 Å². The Morgan fingerprint density at radius 1 is 1.39 bits per heavy atom. The van der Waals surface area contributed by atoms with Gasteiger partial charge in [0.25, 0.3) is 0 Å². The van der Waals surface area contributed by atoms with Crippen molar-refractivity contribution in [2.45, 2.75) is 38.3 Å². The lowest BCUT2D eigenvalue weighted by Crippen LogP contribution is -2.28. The Morgan fingerprint density at radius 2 is 2.14 bits per heavy atom. The quantitative estimate of drug-likeness (QED) is 0.623. The van der Waals surface area contributed by atoms with Gasteiger partial charge in [0.2, 0.25) is 5.43 Å². The Morgan fingerprint density at radius 3 is 2.71 bits per heavy atom. The van der Waals surface area contributed by atoms with E-state index >= 15 is 4.39 Å². The number of aldehydes is 1. The van der Waals surface area contributed by atoms with Gasteiger partial charge in [0.05, 0.1) is 28.8 Å². The molecule has 0 amide bonds. The Bertz CT molecular complexity index is 1030. The zero-order valence-electron chi connectivity index (χ0n) is 15.6. The van der Waals surface area contributed by atoms with Crippen molar-refractivity contribution in [1.29, 1.82) is 0 Å². The molecule has 28 heavy (non-hydrogen) atoms. The number of hydrogen-bond acceptors (Lipinski definition) is 6. The second kappa shape index (κ2) is 7.01. The summed E-state index contributed by atoms with van der Waals surface area (Å²) >= 11 is 0. The zero-order valence-corrected chi connectivity index (χ0v) is 15.6. The van der Waals surface area contributed by atoms with E-state index in [-0.39, 0.29) is 40.9 Å².